The van der Waals surface area contributed by atoms with E-state index in [9.17, 15) is 4.79 Å². The lowest BCUT2D eigenvalue weighted by molar-refractivity contribution is -0.130. The Bertz CT molecular complexity index is 502. The third kappa shape index (κ3) is 3.26. The molecule has 2 saturated heterocycles. The largest absolute Gasteiger partial charge is 0.338 e. The third-order valence-electron chi connectivity index (χ3n) is 4.53. The predicted octanol–water partition coefficient (Wildman–Crippen LogP) is 2.25. The van der Waals surface area contributed by atoms with Gasteiger partial charge in [0.2, 0.25) is 5.91 Å². The van der Waals surface area contributed by atoms with Crippen molar-refractivity contribution in [3.8, 4) is 0 Å². The molecular formula is C15H24N4OS. The highest BCUT2D eigenvalue weighted by atomic mass is 32.1. The first-order chi connectivity index (χ1) is 10.1. The molecule has 1 aromatic heterocycles. The summed E-state index contributed by atoms with van der Waals surface area (Å²) < 4.78 is 4.12. The maximum Gasteiger partial charge on any atom is 0.222 e. The quantitative estimate of drug-likeness (QED) is 0.856. The lowest BCUT2D eigenvalue weighted by atomic mass is 10.0. The van der Waals surface area contributed by atoms with E-state index in [4.69, 9.17) is 0 Å². The Balaban J connectivity index is 1.63. The summed E-state index contributed by atoms with van der Waals surface area (Å²) >= 11 is 1.52. The molecule has 0 spiro atoms. The maximum absolute atomic E-state index is 11.9. The van der Waals surface area contributed by atoms with Crippen molar-refractivity contribution in [2.45, 2.75) is 58.0 Å². The number of piperidine rings is 1. The zero-order valence-corrected chi connectivity index (χ0v) is 13.7. The molecule has 2 aliphatic heterocycles. The van der Waals surface area contributed by atoms with Crippen LogP contribution in [0.3, 0.4) is 0 Å². The van der Waals surface area contributed by atoms with E-state index in [1.165, 1.54) is 22.8 Å². The van der Waals surface area contributed by atoms with Crippen LogP contribution in [0.25, 0.3) is 0 Å². The van der Waals surface area contributed by atoms with Crippen molar-refractivity contribution in [3.05, 3.63) is 10.6 Å². The normalized spacial score (nSPS) is 24.2. The van der Waals surface area contributed by atoms with Crippen LogP contribution in [0.15, 0.2) is 0 Å². The molecule has 0 aromatic carbocycles. The fraction of sp³-hybridized carbons (Fsp3) is 0.800. The third-order valence-corrected chi connectivity index (χ3v) is 5.25. The molecule has 0 aliphatic carbocycles. The van der Waals surface area contributed by atoms with Gasteiger partial charge in [0.05, 0.1) is 10.6 Å². The van der Waals surface area contributed by atoms with E-state index in [1.807, 2.05) is 0 Å². The van der Waals surface area contributed by atoms with Gasteiger partial charge in [0.15, 0.2) is 0 Å². The summed E-state index contributed by atoms with van der Waals surface area (Å²) in [6, 6.07) is 0.414. The highest BCUT2D eigenvalue weighted by molar-refractivity contribution is 7.05. The SMILES string of the molecule is CC(C)c1nnsc1CN1CCC[C@H](N2CCCC2=O)C1. The summed E-state index contributed by atoms with van der Waals surface area (Å²) in [6.45, 7) is 8.35. The van der Waals surface area contributed by atoms with E-state index < -0.39 is 0 Å². The number of hydrogen-bond donors (Lipinski definition) is 0. The molecule has 0 radical (unpaired) electrons. The van der Waals surface area contributed by atoms with Gasteiger partial charge in [-0.25, -0.2) is 0 Å². The molecule has 3 heterocycles. The average Bonchev–Trinajstić information content (AvgIpc) is 3.08. The number of aromatic nitrogens is 2. The summed E-state index contributed by atoms with van der Waals surface area (Å²) in [5.41, 5.74) is 1.14. The molecule has 0 bridgehead atoms. The Labute approximate surface area is 130 Å². The standard InChI is InChI=1S/C15H24N4OS/c1-11(2)15-13(21-17-16-15)10-18-7-3-5-12(9-18)19-8-4-6-14(19)20/h11-12H,3-10H2,1-2H3/t12-/m0/s1. The van der Waals surface area contributed by atoms with Crippen LogP contribution in [0.4, 0.5) is 0 Å². The Kier molecular flexibility index (Phi) is 4.54. The smallest absolute Gasteiger partial charge is 0.222 e. The lowest BCUT2D eigenvalue weighted by Crippen LogP contribution is -2.48. The number of likely N-dealkylation sites (tertiary alicyclic amines) is 2. The van der Waals surface area contributed by atoms with Crippen molar-refractivity contribution in [1.29, 1.82) is 0 Å². The molecule has 0 saturated carbocycles. The van der Waals surface area contributed by atoms with Gasteiger partial charge in [0, 0.05) is 32.1 Å². The molecule has 1 aromatic rings. The number of rotatable bonds is 4. The first-order valence-corrected chi connectivity index (χ1v) is 8.75. The van der Waals surface area contributed by atoms with E-state index in [-0.39, 0.29) is 0 Å². The van der Waals surface area contributed by atoms with Gasteiger partial charge in [-0.05, 0) is 43.3 Å². The van der Waals surface area contributed by atoms with E-state index in [1.54, 1.807) is 0 Å². The maximum atomic E-state index is 11.9. The number of carbonyl (C=O) groups is 1. The summed E-state index contributed by atoms with van der Waals surface area (Å²) in [6.07, 6.45) is 4.11. The van der Waals surface area contributed by atoms with E-state index in [0.717, 1.165) is 51.1 Å². The molecule has 3 rings (SSSR count). The van der Waals surface area contributed by atoms with Gasteiger partial charge >= 0.3 is 0 Å². The van der Waals surface area contributed by atoms with Crippen LogP contribution in [0.2, 0.25) is 0 Å². The molecule has 21 heavy (non-hydrogen) atoms. The number of nitrogens with zero attached hydrogens (tertiary/aromatic N) is 4. The lowest BCUT2D eigenvalue weighted by Gasteiger charge is -2.37. The molecule has 5 nitrogen and oxygen atoms in total. The fourth-order valence-electron chi connectivity index (χ4n) is 3.45. The second-order valence-electron chi connectivity index (χ2n) is 6.46. The molecule has 0 unspecified atom stereocenters. The van der Waals surface area contributed by atoms with Gasteiger partial charge in [-0.1, -0.05) is 18.3 Å². The average molecular weight is 308 g/mol. The Morgan fingerprint density at radius 3 is 2.90 bits per heavy atom. The van der Waals surface area contributed by atoms with Gasteiger partial charge in [-0.15, -0.1) is 5.10 Å². The molecule has 1 atom stereocenters. The second-order valence-corrected chi connectivity index (χ2v) is 7.30. The van der Waals surface area contributed by atoms with Crippen molar-refractivity contribution in [2.75, 3.05) is 19.6 Å². The highest BCUT2D eigenvalue weighted by Crippen LogP contribution is 2.25. The molecule has 116 valence electrons. The van der Waals surface area contributed by atoms with Crippen LogP contribution < -0.4 is 0 Å². The van der Waals surface area contributed by atoms with Crippen LogP contribution in [-0.4, -0.2) is 51.0 Å². The van der Waals surface area contributed by atoms with Crippen molar-refractivity contribution < 1.29 is 4.79 Å². The second kappa shape index (κ2) is 6.40. The minimum Gasteiger partial charge on any atom is -0.338 e. The summed E-state index contributed by atoms with van der Waals surface area (Å²) in [5, 5.41) is 4.27. The van der Waals surface area contributed by atoms with E-state index in [0.29, 0.717) is 17.9 Å². The van der Waals surface area contributed by atoms with E-state index in [2.05, 4.69) is 33.2 Å². The van der Waals surface area contributed by atoms with Gasteiger partial charge < -0.3 is 4.90 Å². The fourth-order valence-corrected chi connectivity index (χ4v) is 4.29. The Hall–Kier alpha value is -1.01. The van der Waals surface area contributed by atoms with Crippen LogP contribution in [0.1, 0.15) is 56.0 Å². The van der Waals surface area contributed by atoms with Crippen molar-refractivity contribution in [2.24, 2.45) is 0 Å². The van der Waals surface area contributed by atoms with Gasteiger partial charge in [0.25, 0.3) is 0 Å². The minimum atomic E-state index is 0.351. The van der Waals surface area contributed by atoms with Crippen LogP contribution in [0.5, 0.6) is 0 Å². The minimum absolute atomic E-state index is 0.351. The Morgan fingerprint density at radius 2 is 2.19 bits per heavy atom. The topological polar surface area (TPSA) is 49.3 Å². The summed E-state index contributed by atoms with van der Waals surface area (Å²) in [7, 11) is 0. The first-order valence-electron chi connectivity index (χ1n) is 7.98. The molecular weight excluding hydrogens is 284 g/mol. The number of hydrogen-bond acceptors (Lipinski definition) is 5. The zero-order valence-electron chi connectivity index (χ0n) is 12.9. The predicted molar refractivity (Wildman–Crippen MR) is 83.2 cm³/mol. The van der Waals surface area contributed by atoms with Crippen molar-refractivity contribution in [1.82, 2.24) is 19.4 Å². The number of carbonyl (C=O) groups excluding carboxylic acids is 1. The van der Waals surface area contributed by atoms with Crippen LogP contribution in [0, 0.1) is 0 Å². The van der Waals surface area contributed by atoms with Crippen molar-refractivity contribution >= 4 is 17.4 Å². The van der Waals surface area contributed by atoms with Crippen LogP contribution in [-0.2, 0) is 11.3 Å². The van der Waals surface area contributed by atoms with Crippen LogP contribution >= 0.6 is 11.5 Å². The van der Waals surface area contributed by atoms with Gasteiger partial charge in [-0.3, -0.25) is 9.69 Å². The highest BCUT2D eigenvalue weighted by Gasteiger charge is 2.31. The van der Waals surface area contributed by atoms with Gasteiger partial charge in [0.1, 0.15) is 0 Å². The molecule has 1 amide bonds. The molecule has 0 N–H and O–H groups in total. The summed E-state index contributed by atoms with van der Waals surface area (Å²) in [4.78, 5) is 17.8. The van der Waals surface area contributed by atoms with E-state index >= 15 is 0 Å². The molecule has 2 aliphatic rings. The molecule has 6 heteroatoms. The zero-order chi connectivity index (χ0) is 14.8. The first kappa shape index (κ1) is 14.9. The Morgan fingerprint density at radius 1 is 1.33 bits per heavy atom. The monoisotopic (exact) mass is 308 g/mol. The van der Waals surface area contributed by atoms with Crippen molar-refractivity contribution in [3.63, 3.8) is 0 Å². The molecule has 2 fully saturated rings. The summed E-state index contributed by atoms with van der Waals surface area (Å²) in [5.74, 6) is 0.781. The van der Waals surface area contributed by atoms with Gasteiger partial charge in [-0.2, -0.15) is 0 Å². The number of amides is 1.